The van der Waals surface area contributed by atoms with E-state index in [1.807, 2.05) is 24.3 Å². The normalized spacial score (nSPS) is 10.4. The van der Waals surface area contributed by atoms with Crippen LogP contribution in [0.15, 0.2) is 36.7 Å². The number of halogens is 1. The average Bonchev–Trinajstić information content (AvgIpc) is 2.59. The van der Waals surface area contributed by atoms with Gasteiger partial charge in [-0.15, -0.1) is 0 Å². The van der Waals surface area contributed by atoms with Crippen LogP contribution in [0.4, 0.5) is 5.82 Å². The Balaban J connectivity index is 1.75. The number of hydrogen-bond donors (Lipinski definition) is 2. The molecule has 1 amide bonds. The highest BCUT2D eigenvalue weighted by molar-refractivity contribution is 6.30. The monoisotopic (exact) mass is 348 g/mol. The molecule has 0 saturated carbocycles. The van der Waals surface area contributed by atoms with Gasteiger partial charge in [-0.25, -0.2) is 9.97 Å². The number of carbonyl (C=O) groups is 1. The van der Waals surface area contributed by atoms with Gasteiger partial charge in [0.1, 0.15) is 11.5 Å². The number of carbonyl (C=O) groups excluding carboxylic acids is 1. The summed E-state index contributed by atoms with van der Waals surface area (Å²) in [7, 11) is 1.67. The smallest absolute Gasteiger partial charge is 0.271 e. The number of amides is 1. The van der Waals surface area contributed by atoms with Gasteiger partial charge in [-0.3, -0.25) is 4.79 Å². The van der Waals surface area contributed by atoms with Crippen LogP contribution in [0.25, 0.3) is 0 Å². The van der Waals surface area contributed by atoms with E-state index in [2.05, 4.69) is 20.6 Å². The van der Waals surface area contributed by atoms with Gasteiger partial charge in [0.2, 0.25) is 0 Å². The van der Waals surface area contributed by atoms with Crippen LogP contribution in [0.1, 0.15) is 22.5 Å². The second-order valence-electron chi connectivity index (χ2n) is 5.20. The molecule has 0 fully saturated rings. The number of aromatic nitrogens is 2. The zero-order valence-corrected chi connectivity index (χ0v) is 14.3. The molecule has 1 heterocycles. The predicted octanol–water partition coefficient (Wildman–Crippen LogP) is 2.55. The summed E-state index contributed by atoms with van der Waals surface area (Å²) in [5.74, 6) is 0.400. The van der Waals surface area contributed by atoms with Crippen LogP contribution in [0.3, 0.4) is 0 Å². The summed E-state index contributed by atoms with van der Waals surface area (Å²) >= 11 is 5.93. The molecule has 0 spiro atoms. The van der Waals surface area contributed by atoms with E-state index in [4.69, 9.17) is 16.3 Å². The van der Waals surface area contributed by atoms with E-state index in [0.717, 1.165) is 18.5 Å². The summed E-state index contributed by atoms with van der Waals surface area (Å²) < 4.78 is 4.97. The fraction of sp³-hybridized carbons (Fsp3) is 0.353. The number of methoxy groups -OCH3 is 1. The van der Waals surface area contributed by atoms with Crippen molar-refractivity contribution in [2.24, 2.45) is 0 Å². The first-order valence-electron chi connectivity index (χ1n) is 7.76. The summed E-state index contributed by atoms with van der Waals surface area (Å²) in [6.45, 7) is 1.94. The zero-order chi connectivity index (χ0) is 17.2. The van der Waals surface area contributed by atoms with Crippen LogP contribution in [-0.2, 0) is 11.2 Å². The largest absolute Gasteiger partial charge is 0.385 e. The minimum Gasteiger partial charge on any atom is -0.385 e. The highest BCUT2D eigenvalue weighted by atomic mass is 35.5. The van der Waals surface area contributed by atoms with E-state index in [9.17, 15) is 4.79 Å². The van der Waals surface area contributed by atoms with Crippen LogP contribution < -0.4 is 10.6 Å². The number of nitrogens with one attached hydrogen (secondary N) is 2. The molecule has 2 N–H and O–H groups in total. The molecule has 0 atom stereocenters. The molecule has 6 nitrogen and oxygen atoms in total. The SMILES string of the molecule is COCCCNc1cnc(C(=O)NCCc2cccc(Cl)c2)cn1. The molecule has 0 aliphatic carbocycles. The molecule has 2 aromatic rings. The van der Waals surface area contributed by atoms with Crippen molar-refractivity contribution in [1.82, 2.24) is 15.3 Å². The second kappa shape index (κ2) is 9.85. The van der Waals surface area contributed by atoms with Crippen LogP contribution in [0.2, 0.25) is 5.02 Å². The van der Waals surface area contributed by atoms with Gasteiger partial charge in [-0.05, 0) is 30.5 Å². The van der Waals surface area contributed by atoms with Gasteiger partial charge in [0.05, 0.1) is 12.4 Å². The number of rotatable bonds is 9. The Kier molecular flexibility index (Phi) is 7.45. The number of anilines is 1. The quantitative estimate of drug-likeness (QED) is 0.681. The van der Waals surface area contributed by atoms with E-state index in [1.165, 1.54) is 6.20 Å². The molecular weight excluding hydrogens is 328 g/mol. The fourth-order valence-corrected chi connectivity index (χ4v) is 2.29. The lowest BCUT2D eigenvalue weighted by atomic mass is 10.1. The van der Waals surface area contributed by atoms with Gasteiger partial charge in [0, 0.05) is 31.8 Å². The van der Waals surface area contributed by atoms with Crippen molar-refractivity contribution in [2.75, 3.05) is 32.1 Å². The van der Waals surface area contributed by atoms with Gasteiger partial charge in [0.15, 0.2) is 0 Å². The van der Waals surface area contributed by atoms with Crippen LogP contribution >= 0.6 is 11.6 Å². The summed E-state index contributed by atoms with van der Waals surface area (Å²) in [5, 5.41) is 6.64. The Morgan fingerprint density at radius 1 is 1.25 bits per heavy atom. The third-order valence-corrected chi connectivity index (χ3v) is 3.54. The molecule has 24 heavy (non-hydrogen) atoms. The maximum Gasteiger partial charge on any atom is 0.271 e. The third kappa shape index (κ3) is 6.14. The lowest BCUT2D eigenvalue weighted by Crippen LogP contribution is -2.26. The average molecular weight is 349 g/mol. The van der Waals surface area contributed by atoms with Crippen molar-refractivity contribution in [1.29, 1.82) is 0 Å². The van der Waals surface area contributed by atoms with Crippen molar-refractivity contribution in [2.45, 2.75) is 12.8 Å². The van der Waals surface area contributed by atoms with E-state index < -0.39 is 0 Å². The number of hydrogen-bond acceptors (Lipinski definition) is 5. The Bertz CT molecular complexity index is 649. The number of ether oxygens (including phenoxy) is 1. The lowest BCUT2D eigenvalue weighted by Gasteiger charge is -2.07. The van der Waals surface area contributed by atoms with Gasteiger partial charge in [-0.1, -0.05) is 23.7 Å². The van der Waals surface area contributed by atoms with Crippen LogP contribution in [0, 0.1) is 0 Å². The Hall–Kier alpha value is -2.18. The van der Waals surface area contributed by atoms with Crippen molar-refractivity contribution < 1.29 is 9.53 Å². The van der Waals surface area contributed by atoms with E-state index in [0.29, 0.717) is 36.1 Å². The predicted molar refractivity (Wildman–Crippen MR) is 94.5 cm³/mol. The van der Waals surface area contributed by atoms with Crippen molar-refractivity contribution >= 4 is 23.3 Å². The Labute approximate surface area is 146 Å². The summed E-state index contributed by atoms with van der Waals surface area (Å²) in [6.07, 6.45) is 4.61. The first-order chi connectivity index (χ1) is 11.7. The number of nitrogens with zero attached hydrogens (tertiary/aromatic N) is 2. The fourth-order valence-electron chi connectivity index (χ4n) is 2.07. The molecule has 1 aromatic heterocycles. The standard InChI is InChI=1S/C17H21ClN4O2/c1-24-9-3-7-19-16-12-21-15(11-22-16)17(23)20-8-6-13-4-2-5-14(18)10-13/h2,4-5,10-12H,3,6-9H2,1H3,(H,19,22)(H,20,23). The highest BCUT2D eigenvalue weighted by Crippen LogP contribution is 2.10. The Morgan fingerprint density at radius 3 is 2.83 bits per heavy atom. The minimum atomic E-state index is -0.240. The molecule has 1 aromatic carbocycles. The van der Waals surface area contributed by atoms with Gasteiger partial charge in [0.25, 0.3) is 5.91 Å². The molecule has 128 valence electrons. The lowest BCUT2D eigenvalue weighted by molar-refractivity contribution is 0.0949. The molecule has 0 aliphatic heterocycles. The second-order valence-corrected chi connectivity index (χ2v) is 5.63. The van der Waals surface area contributed by atoms with Crippen molar-refractivity contribution in [3.8, 4) is 0 Å². The third-order valence-electron chi connectivity index (χ3n) is 3.30. The Morgan fingerprint density at radius 2 is 2.12 bits per heavy atom. The maximum absolute atomic E-state index is 12.0. The first kappa shape index (κ1) is 18.2. The molecular formula is C17H21ClN4O2. The molecule has 0 saturated heterocycles. The first-order valence-corrected chi connectivity index (χ1v) is 8.14. The summed E-state index contributed by atoms with van der Waals surface area (Å²) in [4.78, 5) is 20.3. The van der Waals surface area contributed by atoms with Crippen molar-refractivity contribution in [3.63, 3.8) is 0 Å². The van der Waals surface area contributed by atoms with Crippen molar-refractivity contribution in [3.05, 3.63) is 52.9 Å². The molecule has 0 unspecified atom stereocenters. The molecule has 0 bridgehead atoms. The maximum atomic E-state index is 12.0. The van der Waals surface area contributed by atoms with E-state index in [1.54, 1.807) is 13.3 Å². The van der Waals surface area contributed by atoms with E-state index >= 15 is 0 Å². The van der Waals surface area contributed by atoms with Crippen LogP contribution in [0.5, 0.6) is 0 Å². The van der Waals surface area contributed by atoms with E-state index in [-0.39, 0.29) is 5.91 Å². The topological polar surface area (TPSA) is 76.1 Å². The summed E-state index contributed by atoms with van der Waals surface area (Å²) in [5.41, 5.74) is 1.37. The van der Waals surface area contributed by atoms with Crippen LogP contribution in [-0.4, -0.2) is 42.7 Å². The zero-order valence-electron chi connectivity index (χ0n) is 13.6. The highest BCUT2D eigenvalue weighted by Gasteiger charge is 2.07. The molecule has 0 aliphatic rings. The molecule has 0 radical (unpaired) electrons. The minimum absolute atomic E-state index is 0.240. The molecule has 7 heteroatoms. The van der Waals surface area contributed by atoms with Gasteiger partial charge >= 0.3 is 0 Å². The van der Waals surface area contributed by atoms with Gasteiger partial charge in [-0.2, -0.15) is 0 Å². The number of benzene rings is 1. The van der Waals surface area contributed by atoms with Gasteiger partial charge < -0.3 is 15.4 Å². The molecule has 2 rings (SSSR count). The summed E-state index contributed by atoms with van der Waals surface area (Å²) in [6, 6.07) is 7.58.